The van der Waals surface area contributed by atoms with Crippen LogP contribution in [0.5, 0.6) is 0 Å². The van der Waals surface area contributed by atoms with Crippen LogP contribution in [0.1, 0.15) is 28.7 Å². The second-order valence-electron chi connectivity index (χ2n) is 7.15. The van der Waals surface area contributed by atoms with Gasteiger partial charge in [-0.2, -0.15) is 0 Å². The first-order chi connectivity index (χ1) is 15.1. The number of amides is 2. The van der Waals surface area contributed by atoms with Crippen LogP contribution in [0.25, 0.3) is 0 Å². The summed E-state index contributed by atoms with van der Waals surface area (Å²) >= 11 is 0. The van der Waals surface area contributed by atoms with Crippen molar-refractivity contribution in [3.05, 3.63) is 77.6 Å². The van der Waals surface area contributed by atoms with Crippen LogP contribution in [-0.4, -0.2) is 36.2 Å². The van der Waals surface area contributed by atoms with Crippen LogP contribution in [-0.2, 0) is 14.8 Å². The number of aryl methyl sites for hydroxylation is 2. The zero-order chi connectivity index (χ0) is 23.3. The van der Waals surface area contributed by atoms with Crippen molar-refractivity contribution < 1.29 is 18.0 Å². The van der Waals surface area contributed by atoms with E-state index in [1.807, 2.05) is 0 Å². The molecular formula is C22H23N5O4S. The Kier molecular flexibility index (Phi) is 6.84. The Bertz CT molecular complexity index is 1210. The van der Waals surface area contributed by atoms with E-state index in [2.05, 4.69) is 25.3 Å². The highest BCUT2D eigenvalue weighted by Crippen LogP contribution is 2.17. The fourth-order valence-electron chi connectivity index (χ4n) is 2.85. The molecule has 0 bridgehead atoms. The van der Waals surface area contributed by atoms with Gasteiger partial charge in [0.25, 0.3) is 15.9 Å². The van der Waals surface area contributed by atoms with Gasteiger partial charge in [0.2, 0.25) is 11.9 Å². The third-order valence-corrected chi connectivity index (χ3v) is 5.76. The molecule has 3 rings (SSSR count). The molecule has 2 aromatic carbocycles. The molecule has 1 heterocycles. The van der Waals surface area contributed by atoms with Crippen LogP contribution >= 0.6 is 0 Å². The van der Waals surface area contributed by atoms with Gasteiger partial charge in [0.15, 0.2) is 0 Å². The third kappa shape index (κ3) is 5.88. The van der Waals surface area contributed by atoms with E-state index in [9.17, 15) is 18.0 Å². The summed E-state index contributed by atoms with van der Waals surface area (Å²) in [5.41, 5.74) is 2.11. The fraction of sp³-hybridized carbons (Fsp3) is 0.182. The Morgan fingerprint density at radius 3 is 2.09 bits per heavy atom. The lowest BCUT2D eigenvalue weighted by molar-refractivity contribution is -0.117. The van der Waals surface area contributed by atoms with Crippen molar-refractivity contribution in [2.75, 3.05) is 10.0 Å². The molecule has 9 nitrogen and oxygen atoms in total. The van der Waals surface area contributed by atoms with Crippen molar-refractivity contribution in [3.8, 4) is 0 Å². The van der Waals surface area contributed by atoms with Gasteiger partial charge in [-0.15, -0.1) is 0 Å². The monoisotopic (exact) mass is 453 g/mol. The van der Waals surface area contributed by atoms with Gasteiger partial charge in [-0.1, -0.05) is 18.2 Å². The first-order valence-corrected chi connectivity index (χ1v) is 11.2. The molecule has 166 valence electrons. The maximum Gasteiger partial charge on any atom is 0.264 e. The average molecular weight is 454 g/mol. The van der Waals surface area contributed by atoms with Gasteiger partial charge in [0, 0.05) is 22.6 Å². The second-order valence-corrected chi connectivity index (χ2v) is 8.84. The standard InChI is InChI=1S/C22H23N5O4S/c1-14-13-15(2)24-22(23-14)27-32(30,31)19-11-9-18(10-12-19)26-20(28)16(3)25-21(29)17-7-5-4-6-8-17/h4-13,16H,1-3H3,(H,25,29)(H,26,28)(H,23,24,27). The van der Waals surface area contributed by atoms with E-state index in [0.717, 1.165) is 0 Å². The summed E-state index contributed by atoms with van der Waals surface area (Å²) in [7, 11) is -3.90. The highest BCUT2D eigenvalue weighted by atomic mass is 32.2. The molecule has 0 saturated heterocycles. The van der Waals surface area contributed by atoms with E-state index >= 15 is 0 Å². The van der Waals surface area contributed by atoms with Crippen molar-refractivity contribution in [1.29, 1.82) is 0 Å². The van der Waals surface area contributed by atoms with E-state index in [0.29, 0.717) is 22.6 Å². The van der Waals surface area contributed by atoms with Crippen molar-refractivity contribution >= 4 is 33.5 Å². The number of carbonyl (C=O) groups excluding carboxylic acids is 2. The second kappa shape index (κ2) is 9.56. The summed E-state index contributed by atoms with van der Waals surface area (Å²) in [5.74, 6) is -0.816. The van der Waals surface area contributed by atoms with E-state index in [4.69, 9.17) is 0 Å². The number of aromatic nitrogens is 2. The predicted molar refractivity (Wildman–Crippen MR) is 121 cm³/mol. The van der Waals surface area contributed by atoms with E-state index in [1.165, 1.54) is 24.3 Å². The molecule has 0 spiro atoms. The molecule has 0 aliphatic rings. The lowest BCUT2D eigenvalue weighted by Crippen LogP contribution is -2.41. The molecule has 0 aliphatic carbocycles. The van der Waals surface area contributed by atoms with Gasteiger partial charge in [-0.3, -0.25) is 9.59 Å². The van der Waals surface area contributed by atoms with E-state index in [-0.39, 0.29) is 16.8 Å². The molecule has 0 fully saturated rings. The largest absolute Gasteiger partial charge is 0.341 e. The number of nitrogens with zero attached hydrogens (tertiary/aromatic N) is 2. The fourth-order valence-corrected chi connectivity index (χ4v) is 3.80. The van der Waals surface area contributed by atoms with E-state index < -0.39 is 22.0 Å². The summed E-state index contributed by atoms with van der Waals surface area (Å²) in [5, 5.41) is 5.27. The van der Waals surface area contributed by atoms with Crippen LogP contribution in [0.2, 0.25) is 0 Å². The maximum atomic E-state index is 12.6. The van der Waals surface area contributed by atoms with Crippen LogP contribution in [0.4, 0.5) is 11.6 Å². The quantitative estimate of drug-likeness (QED) is 0.504. The van der Waals surface area contributed by atoms with Crippen molar-refractivity contribution in [2.24, 2.45) is 0 Å². The first kappa shape index (κ1) is 22.9. The number of anilines is 2. The lowest BCUT2D eigenvalue weighted by Gasteiger charge is -2.14. The minimum absolute atomic E-state index is 0.0105. The molecule has 32 heavy (non-hydrogen) atoms. The average Bonchev–Trinajstić information content (AvgIpc) is 2.73. The molecular weight excluding hydrogens is 430 g/mol. The van der Waals surface area contributed by atoms with Crippen molar-refractivity contribution in [1.82, 2.24) is 15.3 Å². The highest BCUT2D eigenvalue weighted by molar-refractivity contribution is 7.92. The van der Waals surface area contributed by atoms with Crippen LogP contribution in [0.3, 0.4) is 0 Å². The zero-order valence-corrected chi connectivity index (χ0v) is 18.6. The maximum absolute atomic E-state index is 12.6. The highest BCUT2D eigenvalue weighted by Gasteiger charge is 2.19. The number of hydrogen-bond donors (Lipinski definition) is 3. The third-order valence-electron chi connectivity index (χ3n) is 4.42. The van der Waals surface area contributed by atoms with Crippen molar-refractivity contribution in [3.63, 3.8) is 0 Å². The number of hydrogen-bond acceptors (Lipinski definition) is 6. The Balaban J connectivity index is 1.63. The summed E-state index contributed by atoms with van der Waals surface area (Å²) in [4.78, 5) is 32.7. The van der Waals surface area contributed by atoms with Gasteiger partial charge in [0.1, 0.15) is 6.04 Å². The molecule has 1 unspecified atom stereocenters. The number of carbonyl (C=O) groups is 2. The van der Waals surface area contributed by atoms with Gasteiger partial charge >= 0.3 is 0 Å². The van der Waals surface area contributed by atoms with E-state index in [1.54, 1.807) is 57.2 Å². The predicted octanol–water partition coefficient (Wildman–Crippen LogP) is 2.65. The summed E-state index contributed by atoms with van der Waals surface area (Å²) in [6.45, 7) is 5.04. The first-order valence-electron chi connectivity index (χ1n) is 9.76. The Hall–Kier alpha value is -3.79. The van der Waals surface area contributed by atoms with Gasteiger partial charge in [-0.05, 0) is 63.2 Å². The molecule has 1 aromatic heterocycles. The minimum atomic E-state index is -3.90. The zero-order valence-electron chi connectivity index (χ0n) is 17.8. The molecule has 3 N–H and O–H groups in total. The van der Waals surface area contributed by atoms with Gasteiger partial charge in [-0.25, -0.2) is 23.1 Å². The topological polar surface area (TPSA) is 130 Å². The van der Waals surface area contributed by atoms with Crippen LogP contribution < -0.4 is 15.4 Å². The molecule has 1 atom stereocenters. The SMILES string of the molecule is Cc1cc(C)nc(NS(=O)(=O)c2ccc(NC(=O)C(C)NC(=O)c3ccccc3)cc2)n1. The molecule has 0 aliphatic heterocycles. The summed E-state index contributed by atoms with van der Waals surface area (Å²) < 4.78 is 27.5. The Morgan fingerprint density at radius 1 is 0.906 bits per heavy atom. The molecule has 10 heteroatoms. The van der Waals surface area contributed by atoms with Gasteiger partial charge < -0.3 is 10.6 Å². The smallest absolute Gasteiger partial charge is 0.264 e. The Labute approximate surface area is 186 Å². The summed E-state index contributed by atoms with van der Waals surface area (Å²) in [6.07, 6.45) is 0. The summed E-state index contributed by atoms with van der Waals surface area (Å²) in [6, 6.07) is 15.1. The van der Waals surface area contributed by atoms with Crippen LogP contribution in [0.15, 0.2) is 65.6 Å². The Morgan fingerprint density at radius 2 is 1.50 bits per heavy atom. The number of nitrogens with one attached hydrogen (secondary N) is 3. The molecule has 2 amide bonds. The van der Waals surface area contributed by atoms with Gasteiger partial charge in [0.05, 0.1) is 4.90 Å². The molecule has 0 saturated carbocycles. The lowest BCUT2D eigenvalue weighted by atomic mass is 10.2. The molecule has 0 radical (unpaired) electrons. The number of sulfonamides is 1. The molecule has 3 aromatic rings. The van der Waals surface area contributed by atoms with Crippen molar-refractivity contribution in [2.45, 2.75) is 31.7 Å². The normalized spacial score (nSPS) is 12.0. The van der Waals surface area contributed by atoms with Crippen LogP contribution in [0, 0.1) is 13.8 Å². The number of benzene rings is 2. The minimum Gasteiger partial charge on any atom is -0.341 e. The number of rotatable bonds is 7.